The van der Waals surface area contributed by atoms with Crippen LogP contribution in [0.1, 0.15) is 78.1 Å². The van der Waals surface area contributed by atoms with E-state index < -0.39 is 8.32 Å². The van der Waals surface area contributed by atoms with E-state index in [4.69, 9.17) is 4.43 Å². The van der Waals surface area contributed by atoms with Gasteiger partial charge in [-0.15, -0.1) is 6.58 Å². The Kier molecular flexibility index (Phi) is 12.6. The third-order valence-electron chi connectivity index (χ3n) is 3.87. The number of hydrogen-bond donors (Lipinski definition) is 0. The molecule has 0 saturated carbocycles. The molecule has 0 aromatic heterocycles. The molecule has 0 amide bonds. The van der Waals surface area contributed by atoms with Crippen molar-refractivity contribution >= 4 is 8.32 Å². The van der Waals surface area contributed by atoms with Gasteiger partial charge in [0, 0.05) is 6.10 Å². The summed E-state index contributed by atoms with van der Waals surface area (Å²) in [6.07, 6.45) is 16.3. The Morgan fingerprint density at radius 1 is 0.950 bits per heavy atom. The summed E-state index contributed by atoms with van der Waals surface area (Å²) in [7, 11) is -1.48. The van der Waals surface area contributed by atoms with Gasteiger partial charge in [-0.1, -0.05) is 70.8 Å². The summed E-state index contributed by atoms with van der Waals surface area (Å²) in [6.45, 7) is 12.9. The highest BCUT2D eigenvalue weighted by molar-refractivity contribution is 6.71. The highest BCUT2D eigenvalue weighted by Gasteiger charge is 2.22. The van der Waals surface area contributed by atoms with Crippen molar-refractivity contribution in [3.8, 4) is 0 Å². The van der Waals surface area contributed by atoms with Crippen LogP contribution in [0.15, 0.2) is 12.7 Å². The van der Waals surface area contributed by atoms with Gasteiger partial charge in [0.15, 0.2) is 8.32 Å². The molecule has 1 atom stereocenters. The first-order valence-corrected chi connectivity index (χ1v) is 11.9. The number of rotatable bonds is 14. The molecule has 0 radical (unpaired) electrons. The van der Waals surface area contributed by atoms with Gasteiger partial charge in [0.25, 0.3) is 0 Å². The summed E-state index contributed by atoms with van der Waals surface area (Å²) in [4.78, 5) is 0. The van der Waals surface area contributed by atoms with Crippen LogP contribution in [0.2, 0.25) is 19.1 Å². The van der Waals surface area contributed by atoms with Crippen LogP contribution in [0.5, 0.6) is 0 Å². The molecule has 1 nitrogen and oxygen atoms in total. The molecule has 2 heteroatoms. The molecule has 0 aromatic rings. The van der Waals surface area contributed by atoms with Crippen molar-refractivity contribution in [1.29, 1.82) is 0 Å². The van der Waals surface area contributed by atoms with Crippen LogP contribution >= 0.6 is 0 Å². The Morgan fingerprint density at radius 2 is 1.45 bits per heavy atom. The average Bonchev–Trinajstić information content (AvgIpc) is 2.36. The largest absolute Gasteiger partial charge is 0.414 e. The molecule has 0 heterocycles. The van der Waals surface area contributed by atoms with Crippen molar-refractivity contribution in [3.05, 3.63) is 12.7 Å². The predicted molar refractivity (Wildman–Crippen MR) is 94.9 cm³/mol. The van der Waals surface area contributed by atoms with Crippen LogP contribution in [0.4, 0.5) is 0 Å². The van der Waals surface area contributed by atoms with E-state index in [2.05, 4.69) is 33.5 Å². The lowest BCUT2D eigenvalue weighted by Gasteiger charge is -2.26. The van der Waals surface area contributed by atoms with Crippen LogP contribution in [-0.2, 0) is 4.43 Å². The van der Waals surface area contributed by atoms with E-state index >= 15 is 0 Å². The smallest absolute Gasteiger partial charge is 0.190 e. The fourth-order valence-electron chi connectivity index (χ4n) is 2.74. The molecule has 0 N–H and O–H groups in total. The highest BCUT2D eigenvalue weighted by Crippen LogP contribution is 2.18. The van der Waals surface area contributed by atoms with E-state index in [0.717, 1.165) is 6.04 Å². The summed E-state index contributed by atoms with van der Waals surface area (Å²) >= 11 is 0. The maximum Gasteiger partial charge on any atom is 0.190 e. The van der Waals surface area contributed by atoms with Crippen molar-refractivity contribution in [2.75, 3.05) is 0 Å². The van der Waals surface area contributed by atoms with Crippen LogP contribution in [0.25, 0.3) is 0 Å². The molecule has 0 saturated heterocycles. The third-order valence-corrected chi connectivity index (χ3v) is 6.18. The molecular weight excluding hydrogens is 260 g/mol. The summed E-state index contributed by atoms with van der Waals surface area (Å²) in [5, 5.41) is 0. The molecular formula is C18H38OSi. The van der Waals surface area contributed by atoms with Gasteiger partial charge < -0.3 is 4.43 Å². The van der Waals surface area contributed by atoms with Crippen molar-refractivity contribution in [1.82, 2.24) is 0 Å². The minimum atomic E-state index is -1.48. The quantitative estimate of drug-likeness (QED) is 0.197. The van der Waals surface area contributed by atoms with E-state index in [9.17, 15) is 0 Å². The first-order chi connectivity index (χ1) is 9.52. The molecule has 0 rings (SSSR count). The zero-order valence-electron chi connectivity index (χ0n) is 14.5. The second kappa shape index (κ2) is 12.6. The van der Waals surface area contributed by atoms with Crippen LogP contribution in [0.3, 0.4) is 0 Å². The second-order valence-electron chi connectivity index (χ2n) is 6.80. The van der Waals surface area contributed by atoms with Gasteiger partial charge in [-0.2, -0.15) is 0 Å². The topological polar surface area (TPSA) is 9.23 Å². The summed E-state index contributed by atoms with van der Waals surface area (Å²) in [6, 6.07) is 1.06. The van der Waals surface area contributed by atoms with E-state index in [1.54, 1.807) is 0 Å². The Hall–Kier alpha value is -0.0831. The predicted octanol–water partition coefficient (Wildman–Crippen LogP) is 6.70. The molecule has 0 bridgehead atoms. The molecule has 1 unspecified atom stereocenters. The lowest BCUT2D eigenvalue weighted by molar-refractivity contribution is 0.197. The molecule has 0 spiro atoms. The molecule has 0 aromatic carbocycles. The van der Waals surface area contributed by atoms with E-state index in [1.165, 1.54) is 64.2 Å². The Morgan fingerprint density at radius 3 is 1.95 bits per heavy atom. The van der Waals surface area contributed by atoms with Crippen molar-refractivity contribution < 1.29 is 4.43 Å². The fraction of sp³-hybridized carbons (Fsp3) is 0.889. The normalized spacial score (nSPS) is 13.4. The van der Waals surface area contributed by atoms with Gasteiger partial charge >= 0.3 is 0 Å². The van der Waals surface area contributed by atoms with Crippen LogP contribution in [0, 0.1) is 0 Å². The van der Waals surface area contributed by atoms with Crippen LogP contribution < -0.4 is 0 Å². The van der Waals surface area contributed by atoms with E-state index in [0.29, 0.717) is 6.10 Å². The Bertz CT molecular complexity index is 225. The third kappa shape index (κ3) is 12.9. The monoisotopic (exact) mass is 298 g/mol. The van der Waals surface area contributed by atoms with Gasteiger partial charge in [0.2, 0.25) is 0 Å². The number of hydrogen-bond acceptors (Lipinski definition) is 1. The van der Waals surface area contributed by atoms with Gasteiger partial charge in [-0.25, -0.2) is 0 Å². The van der Waals surface area contributed by atoms with E-state index in [1.807, 2.05) is 6.08 Å². The number of unbranched alkanes of at least 4 members (excludes halogenated alkanes) is 8. The lowest BCUT2D eigenvalue weighted by Crippen LogP contribution is -2.33. The summed E-state index contributed by atoms with van der Waals surface area (Å²) in [5.41, 5.74) is 0. The van der Waals surface area contributed by atoms with E-state index in [-0.39, 0.29) is 0 Å². The SMILES string of the molecule is C=CC[Si](C)(C)OC(C)CCCCCCCCCCC. The standard InChI is InChI=1S/C18H38OSi/c1-6-8-9-10-11-12-13-14-15-16-18(3)19-20(4,5)17-7-2/h7,18H,2,6,8-17H2,1,3-5H3. The maximum absolute atomic E-state index is 6.22. The zero-order chi connectivity index (χ0) is 15.3. The summed E-state index contributed by atoms with van der Waals surface area (Å²) in [5.74, 6) is 0. The molecule has 120 valence electrons. The zero-order valence-corrected chi connectivity index (χ0v) is 15.5. The first-order valence-electron chi connectivity index (χ1n) is 8.80. The minimum Gasteiger partial charge on any atom is -0.414 e. The van der Waals surface area contributed by atoms with Gasteiger partial charge in [0.1, 0.15) is 0 Å². The highest BCUT2D eigenvalue weighted by atomic mass is 28.4. The lowest BCUT2D eigenvalue weighted by atomic mass is 10.1. The minimum absolute atomic E-state index is 0.432. The molecule has 0 fully saturated rings. The summed E-state index contributed by atoms with van der Waals surface area (Å²) < 4.78 is 6.22. The average molecular weight is 299 g/mol. The second-order valence-corrected chi connectivity index (χ2v) is 11.0. The van der Waals surface area contributed by atoms with Gasteiger partial charge in [-0.3, -0.25) is 0 Å². The molecule has 0 aliphatic rings. The molecule has 0 aliphatic carbocycles. The number of allylic oxidation sites excluding steroid dienone is 1. The van der Waals surface area contributed by atoms with Crippen LogP contribution in [-0.4, -0.2) is 14.4 Å². The van der Waals surface area contributed by atoms with Crippen molar-refractivity contribution in [2.24, 2.45) is 0 Å². The Balaban J connectivity index is 3.39. The van der Waals surface area contributed by atoms with Gasteiger partial charge in [-0.05, 0) is 32.5 Å². The maximum atomic E-state index is 6.22. The fourth-order valence-corrected chi connectivity index (χ4v) is 4.74. The Labute approximate surface area is 129 Å². The van der Waals surface area contributed by atoms with Crippen molar-refractivity contribution in [2.45, 2.75) is 103 Å². The molecule has 0 aliphatic heterocycles. The molecule has 20 heavy (non-hydrogen) atoms. The van der Waals surface area contributed by atoms with Crippen molar-refractivity contribution in [3.63, 3.8) is 0 Å². The first kappa shape index (κ1) is 19.9. The van der Waals surface area contributed by atoms with Gasteiger partial charge in [0.05, 0.1) is 0 Å².